The molecule has 1 aromatic rings. The molecule has 2 aliphatic rings. The standard InChI is InChI=1S/C11H7N3O2/c15-5-6-4-9-10-7(11(16)14-13-9)2-1-3-8(10)12-6/h1-5,12,15H. The van der Waals surface area contributed by atoms with Crippen molar-refractivity contribution < 1.29 is 5.11 Å². The highest BCUT2D eigenvalue weighted by molar-refractivity contribution is 5.92. The molecule has 0 bridgehead atoms. The predicted molar refractivity (Wildman–Crippen MR) is 59.1 cm³/mol. The summed E-state index contributed by atoms with van der Waals surface area (Å²) in [6, 6.07) is 6.94. The Kier molecular flexibility index (Phi) is 1.67. The first kappa shape index (κ1) is 8.84. The van der Waals surface area contributed by atoms with Crippen LogP contribution in [-0.4, -0.2) is 20.3 Å². The molecule has 0 saturated heterocycles. The largest absolute Gasteiger partial charge is 0.513 e. The lowest BCUT2D eigenvalue weighted by Gasteiger charge is -2.08. The molecule has 2 N–H and O–H groups in total. The van der Waals surface area contributed by atoms with Gasteiger partial charge in [0.15, 0.2) is 0 Å². The third-order valence-corrected chi connectivity index (χ3v) is 2.51. The molecule has 2 heterocycles. The lowest BCUT2D eigenvalue weighted by Crippen LogP contribution is -2.16. The van der Waals surface area contributed by atoms with Crippen LogP contribution in [0.15, 0.2) is 29.1 Å². The Bertz CT molecular complexity index is 748. The van der Waals surface area contributed by atoms with Gasteiger partial charge in [0.2, 0.25) is 0 Å². The molecular formula is C11H7N3O2. The zero-order valence-electron chi connectivity index (χ0n) is 8.14. The van der Waals surface area contributed by atoms with Crippen LogP contribution in [0, 0.1) is 0 Å². The van der Waals surface area contributed by atoms with Gasteiger partial charge in [-0.2, -0.15) is 0 Å². The summed E-state index contributed by atoms with van der Waals surface area (Å²) in [5.74, 6) is 0. The van der Waals surface area contributed by atoms with Gasteiger partial charge in [-0.15, -0.1) is 10.2 Å². The van der Waals surface area contributed by atoms with Crippen molar-refractivity contribution in [2.24, 2.45) is 0 Å². The fourth-order valence-electron chi connectivity index (χ4n) is 1.82. The van der Waals surface area contributed by atoms with Crippen molar-refractivity contribution >= 4 is 17.2 Å². The molecule has 5 heteroatoms. The zero-order chi connectivity index (χ0) is 11.1. The highest BCUT2D eigenvalue weighted by atomic mass is 16.2. The van der Waals surface area contributed by atoms with Crippen LogP contribution in [-0.2, 0) is 0 Å². The minimum atomic E-state index is -0.341. The van der Waals surface area contributed by atoms with Gasteiger partial charge >= 0.3 is 0 Å². The topological polar surface area (TPSA) is 78.9 Å². The van der Waals surface area contributed by atoms with Crippen LogP contribution in [0.1, 0.15) is 0 Å². The Morgan fingerprint density at radius 3 is 3.00 bits per heavy atom. The maximum Gasteiger partial charge on any atom is 0.296 e. The molecule has 0 radical (unpaired) electrons. The molecule has 1 aromatic carbocycles. The summed E-state index contributed by atoms with van der Waals surface area (Å²) in [7, 11) is 0. The lowest BCUT2D eigenvalue weighted by molar-refractivity contribution is 0.538. The monoisotopic (exact) mass is 213 g/mol. The van der Waals surface area contributed by atoms with Crippen molar-refractivity contribution in [3.8, 4) is 11.3 Å². The number of H-pyrrole nitrogens is 1. The van der Waals surface area contributed by atoms with Gasteiger partial charge < -0.3 is 10.1 Å². The lowest BCUT2D eigenvalue weighted by atomic mass is 10.0. The number of benzene rings is 1. The molecular weight excluding hydrogens is 206 g/mol. The molecule has 2 aliphatic heterocycles. The Morgan fingerprint density at radius 1 is 1.31 bits per heavy atom. The summed E-state index contributed by atoms with van der Waals surface area (Å²) in [6.07, 6.45) is 0.953. The summed E-state index contributed by atoms with van der Waals surface area (Å²) in [5.41, 5.74) is 1.74. The number of nitrogens with one attached hydrogen (secondary N) is 1. The van der Waals surface area contributed by atoms with E-state index in [1.54, 1.807) is 18.2 Å². The quantitative estimate of drug-likeness (QED) is 0.567. The molecule has 5 nitrogen and oxygen atoms in total. The molecule has 0 fully saturated rings. The smallest absolute Gasteiger partial charge is 0.296 e. The van der Waals surface area contributed by atoms with Crippen LogP contribution in [0.4, 0.5) is 0 Å². The summed E-state index contributed by atoms with van der Waals surface area (Å²) < 4.78 is 0. The third-order valence-electron chi connectivity index (χ3n) is 2.51. The Labute approximate surface area is 89.4 Å². The second-order valence-electron chi connectivity index (χ2n) is 3.47. The first-order valence-corrected chi connectivity index (χ1v) is 4.72. The minimum Gasteiger partial charge on any atom is -0.513 e. The average molecular weight is 213 g/mol. The van der Waals surface area contributed by atoms with Crippen molar-refractivity contribution in [3.05, 3.63) is 40.0 Å². The molecule has 78 valence electrons. The van der Waals surface area contributed by atoms with Crippen molar-refractivity contribution in [2.45, 2.75) is 0 Å². The molecule has 0 saturated carbocycles. The number of aromatic amines is 1. The molecule has 16 heavy (non-hydrogen) atoms. The summed E-state index contributed by atoms with van der Waals surface area (Å²) in [5, 5.41) is 17.4. The van der Waals surface area contributed by atoms with Gasteiger partial charge in [0.05, 0.1) is 16.4 Å². The Morgan fingerprint density at radius 2 is 2.19 bits per heavy atom. The highest BCUT2D eigenvalue weighted by Gasteiger charge is 2.13. The maximum atomic E-state index is 11.5. The number of nitrogens with zero attached hydrogens (tertiary/aromatic N) is 2. The zero-order valence-corrected chi connectivity index (χ0v) is 8.14. The van der Waals surface area contributed by atoms with Crippen LogP contribution in [0.2, 0.25) is 0 Å². The summed E-state index contributed by atoms with van der Waals surface area (Å²) in [6.45, 7) is 0. The van der Waals surface area contributed by atoms with Crippen LogP contribution in [0.3, 0.4) is 0 Å². The van der Waals surface area contributed by atoms with Gasteiger partial charge in [-0.3, -0.25) is 4.79 Å². The van der Waals surface area contributed by atoms with Crippen molar-refractivity contribution in [2.75, 3.05) is 0 Å². The number of rotatable bonds is 0. The van der Waals surface area contributed by atoms with E-state index in [1.165, 1.54) is 0 Å². The van der Waals surface area contributed by atoms with E-state index < -0.39 is 0 Å². The van der Waals surface area contributed by atoms with Gasteiger partial charge in [0.1, 0.15) is 6.26 Å². The molecule has 0 spiro atoms. The number of aliphatic hydroxyl groups is 1. The fourth-order valence-corrected chi connectivity index (χ4v) is 1.82. The number of hydrogen-bond acceptors (Lipinski definition) is 4. The van der Waals surface area contributed by atoms with Crippen molar-refractivity contribution in [1.82, 2.24) is 15.2 Å². The van der Waals surface area contributed by atoms with Crippen LogP contribution >= 0.6 is 0 Å². The van der Waals surface area contributed by atoms with Crippen LogP contribution in [0.25, 0.3) is 28.4 Å². The van der Waals surface area contributed by atoms with E-state index in [4.69, 9.17) is 5.11 Å². The molecule has 0 aliphatic carbocycles. The fraction of sp³-hybridized carbons (Fsp3) is 0. The van der Waals surface area contributed by atoms with Gasteiger partial charge in [-0.25, -0.2) is 0 Å². The minimum absolute atomic E-state index is 0.341. The molecule has 3 rings (SSSR count). The van der Waals surface area contributed by atoms with E-state index in [2.05, 4.69) is 15.2 Å². The molecule has 0 amide bonds. The van der Waals surface area contributed by atoms with Crippen molar-refractivity contribution in [1.29, 1.82) is 0 Å². The summed E-state index contributed by atoms with van der Waals surface area (Å²) in [4.78, 5) is 14.5. The predicted octanol–water partition coefficient (Wildman–Crippen LogP) is 0.438. The van der Waals surface area contributed by atoms with E-state index in [1.807, 2.05) is 6.07 Å². The van der Waals surface area contributed by atoms with E-state index in [9.17, 15) is 4.79 Å². The Hall–Kier alpha value is -2.43. The van der Waals surface area contributed by atoms with E-state index in [-0.39, 0.29) is 5.56 Å². The molecule has 0 atom stereocenters. The van der Waals surface area contributed by atoms with E-state index in [0.29, 0.717) is 16.4 Å². The van der Waals surface area contributed by atoms with Crippen LogP contribution < -0.4 is 10.9 Å². The third kappa shape index (κ3) is 1.08. The SMILES string of the molecule is O=c1nnc2cc(=CO)[nH]c3cccc1c3-2. The van der Waals surface area contributed by atoms with Gasteiger partial charge in [-0.1, -0.05) is 6.07 Å². The van der Waals surface area contributed by atoms with Gasteiger partial charge in [0.25, 0.3) is 5.56 Å². The van der Waals surface area contributed by atoms with E-state index in [0.717, 1.165) is 17.3 Å². The molecule has 0 aromatic heterocycles. The van der Waals surface area contributed by atoms with E-state index >= 15 is 0 Å². The first-order chi connectivity index (χ1) is 7.79. The van der Waals surface area contributed by atoms with Gasteiger partial charge in [0, 0.05) is 11.1 Å². The normalized spacial score (nSPS) is 12.6. The van der Waals surface area contributed by atoms with Gasteiger partial charge in [-0.05, 0) is 18.2 Å². The number of hydrogen-bond donors (Lipinski definition) is 2. The van der Waals surface area contributed by atoms with Crippen molar-refractivity contribution in [3.63, 3.8) is 0 Å². The second kappa shape index (κ2) is 3.03. The van der Waals surface area contributed by atoms with Crippen LogP contribution in [0.5, 0.6) is 0 Å². The molecule has 0 unspecified atom stereocenters. The number of pyridine rings is 1. The second-order valence-corrected chi connectivity index (χ2v) is 3.47. The highest BCUT2D eigenvalue weighted by Crippen LogP contribution is 2.24. The Balaban J connectivity index is 2.67. The summed E-state index contributed by atoms with van der Waals surface area (Å²) >= 11 is 0. The average Bonchev–Trinajstić information content (AvgIpc) is 2.33. The first-order valence-electron chi connectivity index (χ1n) is 4.72. The maximum absolute atomic E-state index is 11.5. The number of aliphatic hydroxyl groups excluding tert-OH is 1. The number of aromatic nitrogens is 3.